The van der Waals surface area contributed by atoms with Crippen LogP contribution in [0.2, 0.25) is 0 Å². The molecule has 0 radical (unpaired) electrons. The Bertz CT molecular complexity index is 1280. The molecule has 0 atom stereocenters. The van der Waals surface area contributed by atoms with E-state index in [0.29, 0.717) is 28.4 Å². The van der Waals surface area contributed by atoms with Crippen molar-refractivity contribution in [3.63, 3.8) is 0 Å². The summed E-state index contributed by atoms with van der Waals surface area (Å²) in [6.45, 7) is 10.3. The lowest BCUT2D eigenvalue weighted by molar-refractivity contribution is 0.214. The van der Waals surface area contributed by atoms with Gasteiger partial charge in [0.25, 0.3) is 0 Å². The zero-order valence-electron chi connectivity index (χ0n) is 20.4. The maximum Gasteiger partial charge on any atom is 0.194 e. The first-order valence-electron chi connectivity index (χ1n) is 11.3. The molecule has 11 heteroatoms. The normalized spacial score (nSPS) is 15.7. The molecule has 1 aliphatic rings. The number of fused-ring (bicyclic) bond motifs is 1. The monoisotopic (exact) mass is 484 g/mol. The van der Waals surface area contributed by atoms with Crippen molar-refractivity contribution >= 4 is 29.3 Å². The molecule has 1 fully saturated rings. The smallest absolute Gasteiger partial charge is 0.194 e. The average molecular weight is 485 g/mol. The van der Waals surface area contributed by atoms with E-state index in [-0.39, 0.29) is 6.73 Å². The van der Waals surface area contributed by atoms with E-state index in [0.717, 1.165) is 37.6 Å². The van der Waals surface area contributed by atoms with Gasteiger partial charge in [-0.1, -0.05) is 0 Å². The highest BCUT2D eigenvalue weighted by atomic mass is 19.1. The molecule has 1 aliphatic heterocycles. The molecule has 2 aromatic heterocycles. The van der Waals surface area contributed by atoms with E-state index in [2.05, 4.69) is 49.1 Å². The number of hydrogen-bond acceptors (Lipinski definition) is 6. The van der Waals surface area contributed by atoms with Crippen LogP contribution >= 0.6 is 0 Å². The topological polar surface area (TPSA) is 86.1 Å². The number of anilines is 1. The average Bonchev–Trinajstić information content (AvgIpc) is 3.37. The SMILES string of the molecule is C=N/C(=C\C(=N/COc1c(F)cc2c(cc(C)n2C)c1F)N1CCN(C)CC1)Nc1cc(C)[nH]n1. The number of rotatable bonds is 7. The van der Waals surface area contributed by atoms with Crippen LogP contribution in [0.15, 0.2) is 40.1 Å². The summed E-state index contributed by atoms with van der Waals surface area (Å²) in [5, 5.41) is 10.4. The Kier molecular flexibility index (Phi) is 7.15. The largest absolute Gasteiger partial charge is 0.465 e. The lowest BCUT2D eigenvalue weighted by Gasteiger charge is -2.33. The zero-order valence-corrected chi connectivity index (χ0v) is 20.4. The van der Waals surface area contributed by atoms with Crippen molar-refractivity contribution < 1.29 is 13.5 Å². The molecule has 2 N–H and O–H groups in total. The molecule has 9 nitrogen and oxygen atoms in total. The van der Waals surface area contributed by atoms with Gasteiger partial charge in [-0.05, 0) is 33.7 Å². The third kappa shape index (κ3) is 5.35. The van der Waals surface area contributed by atoms with Crippen molar-refractivity contribution in [1.29, 1.82) is 0 Å². The molecule has 3 aromatic rings. The zero-order chi connectivity index (χ0) is 25.1. The Balaban J connectivity index is 1.59. The number of amidine groups is 1. The number of aromatic nitrogens is 3. The van der Waals surface area contributed by atoms with E-state index in [1.807, 2.05) is 19.9 Å². The Morgan fingerprint density at radius 3 is 2.60 bits per heavy atom. The number of aryl methyl sites for hydroxylation is 3. The van der Waals surface area contributed by atoms with Gasteiger partial charge in [-0.25, -0.2) is 18.8 Å². The van der Waals surface area contributed by atoms with E-state index in [9.17, 15) is 4.39 Å². The van der Waals surface area contributed by atoms with Crippen LogP contribution in [-0.2, 0) is 7.05 Å². The molecular formula is C24H30F2N8O. The van der Waals surface area contributed by atoms with Gasteiger partial charge in [0.15, 0.2) is 29.9 Å². The van der Waals surface area contributed by atoms with Crippen LogP contribution in [0.3, 0.4) is 0 Å². The summed E-state index contributed by atoms with van der Waals surface area (Å²) >= 11 is 0. The molecule has 0 saturated carbocycles. The summed E-state index contributed by atoms with van der Waals surface area (Å²) in [7, 11) is 3.82. The Morgan fingerprint density at radius 2 is 1.94 bits per heavy atom. The molecule has 0 aliphatic carbocycles. The third-order valence-electron chi connectivity index (χ3n) is 6.10. The van der Waals surface area contributed by atoms with E-state index in [1.54, 1.807) is 23.8 Å². The van der Waals surface area contributed by atoms with Crippen molar-refractivity contribution in [2.75, 3.05) is 45.3 Å². The van der Waals surface area contributed by atoms with Gasteiger partial charge in [0.1, 0.15) is 11.7 Å². The van der Waals surface area contributed by atoms with Crippen LogP contribution in [-0.4, -0.2) is 77.1 Å². The van der Waals surface area contributed by atoms with Crippen LogP contribution in [0.1, 0.15) is 11.4 Å². The fourth-order valence-corrected chi connectivity index (χ4v) is 3.94. The van der Waals surface area contributed by atoms with Crippen LogP contribution in [0, 0.1) is 25.5 Å². The Hall–Kier alpha value is -3.73. The first-order chi connectivity index (χ1) is 16.8. The van der Waals surface area contributed by atoms with Crippen molar-refractivity contribution in [3.05, 3.63) is 53.1 Å². The van der Waals surface area contributed by atoms with E-state index < -0.39 is 17.4 Å². The lowest BCUT2D eigenvalue weighted by Crippen LogP contribution is -2.47. The standard InChI is InChI=1S/C24H30F2N8O/c1-15-10-21(31-30-15)29-20(27-3)13-22(34-8-6-32(4)7-9-34)28-14-35-24-18(25)12-19-17(23(24)26)11-16(2)33(19)5/h10-13H,3,6-9,14H2,1-2,4-5H3,(H2,29,30,31)/b20-13+,28-22+. The maximum atomic E-state index is 15.1. The fourth-order valence-electron chi connectivity index (χ4n) is 3.94. The number of likely N-dealkylation sites (N-methyl/N-ethyl adjacent to an activating group) is 1. The summed E-state index contributed by atoms with van der Waals surface area (Å²) < 4.78 is 37.0. The maximum absolute atomic E-state index is 15.1. The van der Waals surface area contributed by atoms with Gasteiger partial charge >= 0.3 is 0 Å². The van der Waals surface area contributed by atoms with Gasteiger partial charge in [0.2, 0.25) is 0 Å². The van der Waals surface area contributed by atoms with Crippen LogP contribution in [0.5, 0.6) is 5.75 Å². The number of aromatic amines is 1. The van der Waals surface area contributed by atoms with Crippen LogP contribution in [0.25, 0.3) is 10.9 Å². The number of nitrogens with zero attached hydrogens (tertiary/aromatic N) is 6. The number of ether oxygens (including phenoxy) is 1. The number of benzene rings is 1. The molecule has 1 aromatic carbocycles. The van der Waals surface area contributed by atoms with E-state index in [1.165, 1.54) is 6.07 Å². The van der Waals surface area contributed by atoms with Gasteiger partial charge < -0.3 is 24.4 Å². The second kappa shape index (κ2) is 10.3. The Morgan fingerprint density at radius 1 is 1.20 bits per heavy atom. The lowest BCUT2D eigenvalue weighted by atomic mass is 10.2. The molecule has 0 unspecified atom stereocenters. The highest BCUT2D eigenvalue weighted by molar-refractivity contribution is 5.94. The van der Waals surface area contributed by atoms with Crippen molar-refractivity contribution in [1.82, 2.24) is 24.6 Å². The Labute approximate surface area is 202 Å². The van der Waals surface area contributed by atoms with Crippen molar-refractivity contribution in [3.8, 4) is 5.75 Å². The second-order valence-corrected chi connectivity index (χ2v) is 8.61. The highest BCUT2D eigenvalue weighted by Crippen LogP contribution is 2.31. The third-order valence-corrected chi connectivity index (χ3v) is 6.10. The minimum absolute atomic E-state index is 0.269. The summed E-state index contributed by atoms with van der Waals surface area (Å²) in [5.41, 5.74) is 2.18. The number of nitrogens with one attached hydrogen (secondary N) is 2. The van der Waals surface area contributed by atoms with Crippen LogP contribution < -0.4 is 10.1 Å². The van der Waals surface area contributed by atoms with Gasteiger partial charge in [-0.2, -0.15) is 5.10 Å². The summed E-state index contributed by atoms with van der Waals surface area (Å²) in [5.74, 6) is -0.358. The highest BCUT2D eigenvalue weighted by Gasteiger charge is 2.20. The first kappa shape index (κ1) is 24.4. The van der Waals surface area contributed by atoms with Crippen molar-refractivity contribution in [2.24, 2.45) is 17.0 Å². The number of H-pyrrole nitrogens is 1. The number of hydrogen-bond donors (Lipinski definition) is 2. The summed E-state index contributed by atoms with van der Waals surface area (Å²) in [4.78, 5) is 12.9. The quantitative estimate of drug-likeness (QED) is 0.397. The number of piperazine rings is 1. The molecule has 186 valence electrons. The van der Waals surface area contributed by atoms with Crippen LogP contribution in [0.4, 0.5) is 14.6 Å². The molecule has 4 rings (SSSR count). The van der Waals surface area contributed by atoms with E-state index in [4.69, 9.17) is 4.74 Å². The molecular weight excluding hydrogens is 454 g/mol. The molecule has 35 heavy (non-hydrogen) atoms. The molecule has 0 amide bonds. The van der Waals surface area contributed by atoms with E-state index >= 15 is 4.39 Å². The minimum atomic E-state index is -0.771. The number of halogens is 2. The first-order valence-corrected chi connectivity index (χ1v) is 11.3. The predicted molar refractivity (Wildman–Crippen MR) is 134 cm³/mol. The molecule has 0 bridgehead atoms. The molecule has 0 spiro atoms. The minimum Gasteiger partial charge on any atom is -0.465 e. The summed E-state index contributed by atoms with van der Waals surface area (Å²) in [6, 6.07) is 4.78. The fraction of sp³-hybridized carbons (Fsp3) is 0.375. The van der Waals surface area contributed by atoms with Gasteiger partial charge in [-0.3, -0.25) is 5.10 Å². The van der Waals surface area contributed by atoms with Gasteiger partial charge in [-0.15, -0.1) is 0 Å². The van der Waals surface area contributed by atoms with Gasteiger partial charge in [0, 0.05) is 68.2 Å². The van der Waals surface area contributed by atoms with Gasteiger partial charge in [0.05, 0.1) is 5.52 Å². The number of aliphatic imine (C=N–C) groups is 2. The second-order valence-electron chi connectivity index (χ2n) is 8.61. The molecule has 3 heterocycles. The van der Waals surface area contributed by atoms with Crippen molar-refractivity contribution in [2.45, 2.75) is 13.8 Å². The predicted octanol–water partition coefficient (Wildman–Crippen LogP) is 3.43. The summed E-state index contributed by atoms with van der Waals surface area (Å²) in [6.07, 6.45) is 1.72. The molecule has 1 saturated heterocycles.